The summed E-state index contributed by atoms with van der Waals surface area (Å²) in [7, 11) is 0. The predicted octanol–water partition coefficient (Wildman–Crippen LogP) is 4.94. The lowest BCUT2D eigenvalue weighted by atomic mass is 9.83. The van der Waals surface area contributed by atoms with Crippen molar-refractivity contribution in [3.05, 3.63) is 34.1 Å². The molecule has 0 aliphatic rings. The normalized spacial score (nSPS) is 13.6. The minimum atomic E-state index is -0.191. The van der Waals surface area contributed by atoms with Gasteiger partial charge in [0, 0.05) is 6.04 Å². The molecular formula is C16H25BrFN. The Morgan fingerprint density at radius 2 is 2.00 bits per heavy atom. The molecular weight excluding hydrogens is 305 g/mol. The van der Waals surface area contributed by atoms with Gasteiger partial charge in [-0.3, -0.25) is 0 Å². The van der Waals surface area contributed by atoms with Gasteiger partial charge in [-0.25, -0.2) is 4.39 Å². The van der Waals surface area contributed by atoms with Crippen molar-refractivity contribution in [3.8, 4) is 0 Å². The van der Waals surface area contributed by atoms with Crippen molar-refractivity contribution < 1.29 is 4.39 Å². The molecule has 0 heterocycles. The molecule has 1 atom stereocenters. The van der Waals surface area contributed by atoms with Crippen molar-refractivity contribution in [3.63, 3.8) is 0 Å². The fourth-order valence-corrected chi connectivity index (χ4v) is 2.72. The number of nitrogens with one attached hydrogen (secondary N) is 1. The molecule has 1 aromatic rings. The molecule has 19 heavy (non-hydrogen) atoms. The molecule has 0 aliphatic carbocycles. The SMILES string of the molecule is CCNC(CCCc1ccc(F)c(Br)c1)C(C)(C)C. The van der Waals surface area contributed by atoms with Crippen LogP contribution in [0.4, 0.5) is 4.39 Å². The first-order valence-corrected chi connectivity index (χ1v) is 7.81. The van der Waals surface area contributed by atoms with E-state index in [4.69, 9.17) is 0 Å². The van der Waals surface area contributed by atoms with Crippen molar-refractivity contribution in [2.75, 3.05) is 6.54 Å². The van der Waals surface area contributed by atoms with Crippen LogP contribution in [0.2, 0.25) is 0 Å². The third-order valence-corrected chi connectivity index (χ3v) is 4.05. The van der Waals surface area contributed by atoms with Crippen LogP contribution in [-0.4, -0.2) is 12.6 Å². The highest BCUT2D eigenvalue weighted by Crippen LogP contribution is 2.24. The first kappa shape index (κ1) is 16.6. The highest BCUT2D eigenvalue weighted by atomic mass is 79.9. The number of hydrogen-bond donors (Lipinski definition) is 1. The monoisotopic (exact) mass is 329 g/mol. The minimum Gasteiger partial charge on any atom is -0.314 e. The Morgan fingerprint density at radius 3 is 2.53 bits per heavy atom. The van der Waals surface area contributed by atoms with E-state index >= 15 is 0 Å². The average Bonchev–Trinajstić information content (AvgIpc) is 2.31. The van der Waals surface area contributed by atoms with Crippen molar-refractivity contribution in [2.45, 2.75) is 53.0 Å². The zero-order chi connectivity index (χ0) is 14.5. The van der Waals surface area contributed by atoms with Crippen LogP contribution in [0, 0.1) is 11.2 Å². The topological polar surface area (TPSA) is 12.0 Å². The van der Waals surface area contributed by atoms with E-state index in [-0.39, 0.29) is 11.2 Å². The van der Waals surface area contributed by atoms with E-state index in [0.29, 0.717) is 10.5 Å². The van der Waals surface area contributed by atoms with Crippen LogP contribution >= 0.6 is 15.9 Å². The molecule has 1 nitrogen and oxygen atoms in total. The second-order valence-electron chi connectivity index (χ2n) is 6.12. The van der Waals surface area contributed by atoms with Crippen LogP contribution < -0.4 is 5.32 Å². The van der Waals surface area contributed by atoms with Gasteiger partial charge in [-0.05, 0) is 64.8 Å². The van der Waals surface area contributed by atoms with Crippen molar-refractivity contribution in [1.82, 2.24) is 5.32 Å². The Bertz CT molecular complexity index is 398. The van der Waals surface area contributed by atoms with Gasteiger partial charge >= 0.3 is 0 Å². The molecule has 108 valence electrons. The van der Waals surface area contributed by atoms with E-state index in [2.05, 4.69) is 48.9 Å². The molecule has 0 radical (unpaired) electrons. The van der Waals surface area contributed by atoms with Crippen molar-refractivity contribution in [1.29, 1.82) is 0 Å². The molecule has 0 fully saturated rings. The maximum atomic E-state index is 13.1. The van der Waals surface area contributed by atoms with E-state index in [1.54, 1.807) is 0 Å². The molecule has 3 heteroatoms. The zero-order valence-electron chi connectivity index (χ0n) is 12.4. The Balaban J connectivity index is 2.49. The summed E-state index contributed by atoms with van der Waals surface area (Å²) in [6, 6.07) is 5.82. The third kappa shape index (κ3) is 5.62. The van der Waals surface area contributed by atoms with Gasteiger partial charge in [0.1, 0.15) is 5.82 Å². The number of aryl methyl sites for hydroxylation is 1. The largest absolute Gasteiger partial charge is 0.314 e. The van der Waals surface area contributed by atoms with E-state index in [1.807, 2.05) is 12.1 Å². The lowest BCUT2D eigenvalue weighted by Gasteiger charge is -2.31. The molecule has 0 amide bonds. The van der Waals surface area contributed by atoms with E-state index in [9.17, 15) is 4.39 Å². The fraction of sp³-hybridized carbons (Fsp3) is 0.625. The molecule has 0 aromatic heterocycles. The van der Waals surface area contributed by atoms with Crippen LogP contribution in [0.25, 0.3) is 0 Å². The Hall–Kier alpha value is -0.410. The highest BCUT2D eigenvalue weighted by Gasteiger charge is 2.22. The van der Waals surface area contributed by atoms with Crippen LogP contribution in [0.5, 0.6) is 0 Å². The number of halogens is 2. The van der Waals surface area contributed by atoms with E-state index in [1.165, 1.54) is 11.6 Å². The second-order valence-corrected chi connectivity index (χ2v) is 6.97. The van der Waals surface area contributed by atoms with Gasteiger partial charge < -0.3 is 5.32 Å². The summed E-state index contributed by atoms with van der Waals surface area (Å²) in [4.78, 5) is 0. The molecule has 0 saturated heterocycles. The molecule has 0 bridgehead atoms. The van der Waals surface area contributed by atoms with Gasteiger partial charge in [0.05, 0.1) is 4.47 Å². The van der Waals surface area contributed by atoms with Gasteiger partial charge in [0.25, 0.3) is 0 Å². The summed E-state index contributed by atoms with van der Waals surface area (Å²) < 4.78 is 13.7. The number of rotatable bonds is 6. The smallest absolute Gasteiger partial charge is 0.137 e. The van der Waals surface area contributed by atoms with E-state index < -0.39 is 0 Å². The molecule has 0 saturated carbocycles. The average molecular weight is 330 g/mol. The fourth-order valence-electron chi connectivity index (χ4n) is 2.29. The molecule has 0 spiro atoms. The molecule has 0 aliphatic heterocycles. The number of benzene rings is 1. The second kappa shape index (κ2) is 7.39. The van der Waals surface area contributed by atoms with Gasteiger partial charge in [0.15, 0.2) is 0 Å². The third-order valence-electron chi connectivity index (χ3n) is 3.44. The summed E-state index contributed by atoms with van der Waals surface area (Å²) in [6.07, 6.45) is 3.26. The molecule has 1 aromatic carbocycles. The number of hydrogen-bond acceptors (Lipinski definition) is 1. The summed E-state index contributed by atoms with van der Waals surface area (Å²) in [6.45, 7) is 9.97. The van der Waals surface area contributed by atoms with Crippen LogP contribution in [-0.2, 0) is 6.42 Å². The standard InChI is InChI=1S/C16H25BrFN/c1-5-19-15(16(2,3)4)8-6-7-12-9-10-14(18)13(17)11-12/h9-11,15,19H,5-8H2,1-4H3. The highest BCUT2D eigenvalue weighted by molar-refractivity contribution is 9.10. The lowest BCUT2D eigenvalue weighted by molar-refractivity contribution is 0.254. The maximum Gasteiger partial charge on any atom is 0.137 e. The first-order valence-electron chi connectivity index (χ1n) is 7.02. The summed E-state index contributed by atoms with van der Waals surface area (Å²) in [5.41, 5.74) is 1.47. The minimum absolute atomic E-state index is 0.191. The van der Waals surface area contributed by atoms with E-state index in [0.717, 1.165) is 25.8 Å². The quantitative estimate of drug-likeness (QED) is 0.779. The Labute approximate surface area is 125 Å². The molecule has 1 N–H and O–H groups in total. The molecule has 1 unspecified atom stereocenters. The molecule has 1 rings (SSSR count). The first-order chi connectivity index (χ1) is 8.84. The predicted molar refractivity (Wildman–Crippen MR) is 84.0 cm³/mol. The lowest BCUT2D eigenvalue weighted by Crippen LogP contribution is -2.40. The van der Waals surface area contributed by atoms with Gasteiger partial charge in [-0.15, -0.1) is 0 Å². The van der Waals surface area contributed by atoms with Gasteiger partial charge in [0.2, 0.25) is 0 Å². The van der Waals surface area contributed by atoms with Gasteiger partial charge in [-0.2, -0.15) is 0 Å². The van der Waals surface area contributed by atoms with Crippen LogP contribution in [0.1, 0.15) is 46.1 Å². The van der Waals surface area contributed by atoms with Crippen LogP contribution in [0.3, 0.4) is 0 Å². The van der Waals surface area contributed by atoms with Crippen molar-refractivity contribution >= 4 is 15.9 Å². The summed E-state index contributed by atoms with van der Waals surface area (Å²) in [5, 5.41) is 3.56. The van der Waals surface area contributed by atoms with Crippen LogP contribution in [0.15, 0.2) is 22.7 Å². The maximum absolute atomic E-state index is 13.1. The van der Waals surface area contributed by atoms with Gasteiger partial charge in [-0.1, -0.05) is 33.8 Å². The summed E-state index contributed by atoms with van der Waals surface area (Å²) in [5.74, 6) is -0.191. The van der Waals surface area contributed by atoms with Crippen molar-refractivity contribution in [2.24, 2.45) is 5.41 Å². The Morgan fingerprint density at radius 1 is 1.32 bits per heavy atom. The Kier molecular flexibility index (Phi) is 6.48. The zero-order valence-corrected chi connectivity index (χ0v) is 14.0. The summed E-state index contributed by atoms with van der Waals surface area (Å²) >= 11 is 3.24.